The van der Waals surface area contributed by atoms with Gasteiger partial charge < -0.3 is 5.11 Å². The van der Waals surface area contributed by atoms with Crippen LogP contribution in [0.1, 0.15) is 37.7 Å². The summed E-state index contributed by atoms with van der Waals surface area (Å²) in [4.78, 5) is 0. The molecule has 0 aliphatic rings. The molecule has 0 unspecified atom stereocenters. The molecule has 1 rings (SSSR count). The van der Waals surface area contributed by atoms with E-state index in [2.05, 4.69) is 47.1 Å². The van der Waals surface area contributed by atoms with Gasteiger partial charge in [-0.1, -0.05) is 35.0 Å². The number of benzene rings is 1. The molecule has 14 heavy (non-hydrogen) atoms. The molecule has 1 nitrogen and oxygen atoms in total. The van der Waals surface area contributed by atoms with E-state index >= 15 is 0 Å². The summed E-state index contributed by atoms with van der Waals surface area (Å²) in [5, 5.41) is 8.79. The highest BCUT2D eigenvalue weighted by Crippen LogP contribution is 2.25. The molecule has 0 spiro atoms. The SMILES string of the molecule is CC[C@@H](CCCO)c1ccc(Br)cc1. The quantitative estimate of drug-likeness (QED) is 0.852. The number of hydrogen-bond donors (Lipinski definition) is 1. The molecule has 0 aliphatic carbocycles. The lowest BCUT2D eigenvalue weighted by Gasteiger charge is -2.14. The first kappa shape index (κ1) is 11.7. The van der Waals surface area contributed by atoms with Crippen molar-refractivity contribution in [3.8, 4) is 0 Å². The van der Waals surface area contributed by atoms with Crippen LogP contribution in [0.2, 0.25) is 0 Å². The van der Waals surface area contributed by atoms with Crippen molar-refractivity contribution in [3.63, 3.8) is 0 Å². The van der Waals surface area contributed by atoms with Crippen molar-refractivity contribution < 1.29 is 5.11 Å². The molecular weight excluding hydrogens is 240 g/mol. The lowest BCUT2D eigenvalue weighted by Crippen LogP contribution is -1.98. The molecule has 0 aromatic heterocycles. The van der Waals surface area contributed by atoms with E-state index in [4.69, 9.17) is 5.11 Å². The van der Waals surface area contributed by atoms with E-state index in [1.54, 1.807) is 0 Å². The molecule has 1 aromatic rings. The average molecular weight is 257 g/mol. The second-order valence-electron chi connectivity index (χ2n) is 3.52. The summed E-state index contributed by atoms with van der Waals surface area (Å²) in [6, 6.07) is 8.49. The van der Waals surface area contributed by atoms with Crippen LogP contribution in [0.25, 0.3) is 0 Å². The molecule has 0 bridgehead atoms. The molecule has 1 N–H and O–H groups in total. The highest BCUT2D eigenvalue weighted by molar-refractivity contribution is 9.10. The zero-order valence-corrected chi connectivity index (χ0v) is 10.1. The first-order valence-electron chi connectivity index (χ1n) is 5.14. The summed E-state index contributed by atoms with van der Waals surface area (Å²) in [6.07, 6.45) is 3.12. The molecule has 1 atom stereocenters. The lowest BCUT2D eigenvalue weighted by atomic mass is 9.92. The Balaban J connectivity index is 2.64. The van der Waals surface area contributed by atoms with Gasteiger partial charge in [0, 0.05) is 11.1 Å². The fourth-order valence-corrected chi connectivity index (χ4v) is 1.94. The van der Waals surface area contributed by atoms with Crippen LogP contribution >= 0.6 is 15.9 Å². The van der Waals surface area contributed by atoms with Gasteiger partial charge in [0.1, 0.15) is 0 Å². The minimum atomic E-state index is 0.299. The third kappa shape index (κ3) is 3.43. The number of aliphatic hydroxyl groups is 1. The molecular formula is C12H17BrO. The maximum Gasteiger partial charge on any atom is 0.0431 e. The monoisotopic (exact) mass is 256 g/mol. The topological polar surface area (TPSA) is 20.2 Å². The number of halogens is 1. The third-order valence-electron chi connectivity index (χ3n) is 2.54. The second-order valence-corrected chi connectivity index (χ2v) is 4.44. The van der Waals surface area contributed by atoms with Gasteiger partial charge in [0.15, 0.2) is 0 Å². The summed E-state index contributed by atoms with van der Waals surface area (Å²) in [7, 11) is 0. The van der Waals surface area contributed by atoms with E-state index in [1.807, 2.05) is 0 Å². The molecule has 0 radical (unpaired) electrons. The zero-order valence-electron chi connectivity index (χ0n) is 8.54. The normalized spacial score (nSPS) is 12.8. The van der Waals surface area contributed by atoms with E-state index in [-0.39, 0.29) is 0 Å². The summed E-state index contributed by atoms with van der Waals surface area (Å²) in [6.45, 7) is 2.50. The Bertz CT molecular complexity index is 256. The highest BCUT2D eigenvalue weighted by atomic mass is 79.9. The Labute approximate surface area is 94.3 Å². The predicted octanol–water partition coefficient (Wildman–Crippen LogP) is 3.72. The van der Waals surface area contributed by atoms with E-state index in [9.17, 15) is 0 Å². The highest BCUT2D eigenvalue weighted by Gasteiger charge is 2.08. The molecule has 0 aliphatic heterocycles. The third-order valence-corrected chi connectivity index (χ3v) is 3.07. The van der Waals surface area contributed by atoms with Crippen molar-refractivity contribution in [2.24, 2.45) is 0 Å². The fourth-order valence-electron chi connectivity index (χ4n) is 1.68. The van der Waals surface area contributed by atoms with Gasteiger partial charge in [-0.05, 0) is 42.9 Å². The molecule has 78 valence electrons. The van der Waals surface area contributed by atoms with Crippen molar-refractivity contribution in [2.45, 2.75) is 32.1 Å². The first-order chi connectivity index (χ1) is 6.77. The van der Waals surface area contributed by atoms with Crippen LogP contribution in [0.15, 0.2) is 28.7 Å². The van der Waals surface area contributed by atoms with E-state index < -0.39 is 0 Å². The maximum atomic E-state index is 8.79. The van der Waals surface area contributed by atoms with Gasteiger partial charge in [-0.25, -0.2) is 0 Å². The van der Waals surface area contributed by atoms with Crippen molar-refractivity contribution >= 4 is 15.9 Å². The zero-order chi connectivity index (χ0) is 10.4. The summed E-state index contributed by atoms with van der Waals surface area (Å²) < 4.78 is 1.12. The predicted molar refractivity (Wildman–Crippen MR) is 63.5 cm³/mol. The minimum absolute atomic E-state index is 0.299. The van der Waals surface area contributed by atoms with Crippen LogP contribution in [-0.4, -0.2) is 11.7 Å². The van der Waals surface area contributed by atoms with Crippen LogP contribution in [0.3, 0.4) is 0 Å². The average Bonchev–Trinajstić information content (AvgIpc) is 2.21. The molecule has 0 fully saturated rings. The second kappa shape index (κ2) is 6.20. The van der Waals surface area contributed by atoms with Crippen molar-refractivity contribution in [1.29, 1.82) is 0 Å². The van der Waals surface area contributed by atoms with Crippen molar-refractivity contribution in [2.75, 3.05) is 6.61 Å². The first-order valence-corrected chi connectivity index (χ1v) is 5.93. The van der Waals surface area contributed by atoms with E-state index in [1.165, 1.54) is 5.56 Å². The van der Waals surface area contributed by atoms with Crippen molar-refractivity contribution in [3.05, 3.63) is 34.3 Å². The molecule has 1 aromatic carbocycles. The van der Waals surface area contributed by atoms with Gasteiger partial charge in [0.25, 0.3) is 0 Å². The van der Waals surface area contributed by atoms with Gasteiger partial charge in [-0.2, -0.15) is 0 Å². The van der Waals surface area contributed by atoms with E-state index in [0.29, 0.717) is 12.5 Å². The smallest absolute Gasteiger partial charge is 0.0431 e. The fraction of sp³-hybridized carbons (Fsp3) is 0.500. The van der Waals surface area contributed by atoms with Crippen LogP contribution in [0.4, 0.5) is 0 Å². The molecule has 0 heterocycles. The van der Waals surface area contributed by atoms with Gasteiger partial charge in [-0.3, -0.25) is 0 Å². The number of aliphatic hydroxyl groups excluding tert-OH is 1. The Morgan fingerprint density at radius 3 is 2.43 bits per heavy atom. The molecule has 0 saturated carbocycles. The van der Waals surface area contributed by atoms with Crippen molar-refractivity contribution in [1.82, 2.24) is 0 Å². The van der Waals surface area contributed by atoms with Gasteiger partial charge in [-0.15, -0.1) is 0 Å². The van der Waals surface area contributed by atoms with Crippen LogP contribution in [-0.2, 0) is 0 Å². The Morgan fingerprint density at radius 2 is 1.93 bits per heavy atom. The standard InChI is InChI=1S/C12H17BrO/c1-2-10(4-3-9-14)11-5-7-12(13)8-6-11/h5-8,10,14H,2-4,9H2,1H3/t10-/m0/s1. The molecule has 2 heteroatoms. The van der Waals surface area contributed by atoms with E-state index in [0.717, 1.165) is 23.7 Å². The largest absolute Gasteiger partial charge is 0.396 e. The van der Waals surface area contributed by atoms with Gasteiger partial charge in [0.05, 0.1) is 0 Å². The maximum absolute atomic E-state index is 8.79. The Kier molecular flexibility index (Phi) is 5.20. The summed E-state index contributed by atoms with van der Waals surface area (Å²) in [5.74, 6) is 0.593. The summed E-state index contributed by atoms with van der Waals surface area (Å²) >= 11 is 3.43. The number of rotatable bonds is 5. The van der Waals surface area contributed by atoms with Crippen LogP contribution in [0.5, 0.6) is 0 Å². The summed E-state index contributed by atoms with van der Waals surface area (Å²) in [5.41, 5.74) is 1.38. The minimum Gasteiger partial charge on any atom is -0.396 e. The van der Waals surface area contributed by atoms with Gasteiger partial charge >= 0.3 is 0 Å². The Hall–Kier alpha value is -0.340. The molecule has 0 amide bonds. The molecule has 0 saturated heterocycles. The van der Waals surface area contributed by atoms with Crippen LogP contribution in [0, 0.1) is 0 Å². The van der Waals surface area contributed by atoms with Crippen LogP contribution < -0.4 is 0 Å². The Morgan fingerprint density at radius 1 is 1.29 bits per heavy atom. The lowest BCUT2D eigenvalue weighted by molar-refractivity contribution is 0.279. The number of hydrogen-bond acceptors (Lipinski definition) is 1. The van der Waals surface area contributed by atoms with Gasteiger partial charge in [0.2, 0.25) is 0 Å².